The highest BCUT2D eigenvalue weighted by molar-refractivity contribution is 5.72. The summed E-state index contributed by atoms with van der Waals surface area (Å²) in [5.74, 6) is 5.38. The van der Waals surface area contributed by atoms with Crippen molar-refractivity contribution in [1.82, 2.24) is 0 Å². The SMILES string of the molecule is CCc1ccc(C#CCC(=O)OC)cc1. The molecule has 0 fully saturated rings. The molecule has 0 N–H and O–H groups in total. The summed E-state index contributed by atoms with van der Waals surface area (Å²) in [6, 6.07) is 8.01. The lowest BCUT2D eigenvalue weighted by Gasteiger charge is -1.95. The van der Waals surface area contributed by atoms with Crippen molar-refractivity contribution in [3.8, 4) is 11.8 Å². The minimum atomic E-state index is -0.298. The molecule has 0 aliphatic rings. The Bertz CT molecular complexity index is 379. The molecule has 0 saturated carbocycles. The maximum atomic E-state index is 10.8. The van der Waals surface area contributed by atoms with Gasteiger partial charge >= 0.3 is 5.97 Å². The van der Waals surface area contributed by atoms with Crippen molar-refractivity contribution in [3.05, 3.63) is 35.4 Å². The molecule has 2 heteroatoms. The van der Waals surface area contributed by atoms with Gasteiger partial charge in [0.05, 0.1) is 7.11 Å². The van der Waals surface area contributed by atoms with E-state index < -0.39 is 0 Å². The Kier molecular flexibility index (Phi) is 4.43. The van der Waals surface area contributed by atoms with E-state index in [1.165, 1.54) is 12.7 Å². The van der Waals surface area contributed by atoms with E-state index in [0.29, 0.717) is 0 Å². The first-order valence-electron chi connectivity index (χ1n) is 4.91. The molecule has 0 heterocycles. The predicted octanol–water partition coefficient (Wildman–Crippen LogP) is 2.16. The van der Waals surface area contributed by atoms with Gasteiger partial charge in [-0.3, -0.25) is 4.79 Å². The second-order valence-corrected chi connectivity index (χ2v) is 3.11. The number of esters is 1. The molecule has 2 nitrogen and oxygen atoms in total. The normalized spacial score (nSPS) is 8.93. The topological polar surface area (TPSA) is 26.3 Å². The summed E-state index contributed by atoms with van der Waals surface area (Å²) < 4.78 is 4.48. The molecule has 0 radical (unpaired) electrons. The first kappa shape index (κ1) is 11.3. The standard InChI is InChI=1S/C13H14O2/c1-3-11-7-9-12(10-8-11)5-4-6-13(14)15-2/h7-10H,3,6H2,1-2H3. The van der Waals surface area contributed by atoms with Gasteiger partial charge in [-0.05, 0) is 24.1 Å². The van der Waals surface area contributed by atoms with Crippen molar-refractivity contribution < 1.29 is 9.53 Å². The number of benzene rings is 1. The number of hydrogen-bond donors (Lipinski definition) is 0. The van der Waals surface area contributed by atoms with E-state index >= 15 is 0 Å². The van der Waals surface area contributed by atoms with Gasteiger partial charge in [-0.1, -0.05) is 30.9 Å². The van der Waals surface area contributed by atoms with E-state index in [4.69, 9.17) is 0 Å². The fourth-order valence-corrected chi connectivity index (χ4v) is 1.11. The molecule has 0 saturated heterocycles. The number of aryl methyl sites for hydroxylation is 1. The van der Waals surface area contributed by atoms with E-state index in [1.54, 1.807) is 0 Å². The molecule has 0 amide bonds. The summed E-state index contributed by atoms with van der Waals surface area (Å²) in [5.41, 5.74) is 2.21. The molecule has 1 aromatic rings. The summed E-state index contributed by atoms with van der Waals surface area (Å²) in [5, 5.41) is 0. The minimum absolute atomic E-state index is 0.145. The lowest BCUT2D eigenvalue weighted by molar-refractivity contribution is -0.139. The third-order valence-electron chi connectivity index (χ3n) is 2.06. The van der Waals surface area contributed by atoms with Crippen molar-refractivity contribution >= 4 is 5.97 Å². The fraction of sp³-hybridized carbons (Fsp3) is 0.308. The molecule has 0 aromatic heterocycles. The summed E-state index contributed by atoms with van der Waals surface area (Å²) in [4.78, 5) is 10.8. The number of methoxy groups -OCH3 is 1. The van der Waals surface area contributed by atoms with Gasteiger partial charge in [-0.2, -0.15) is 0 Å². The first-order chi connectivity index (χ1) is 7.26. The van der Waals surface area contributed by atoms with Crippen LogP contribution >= 0.6 is 0 Å². The Hall–Kier alpha value is -1.75. The zero-order valence-electron chi connectivity index (χ0n) is 9.04. The molecule has 0 spiro atoms. The van der Waals surface area contributed by atoms with Gasteiger partial charge in [0.2, 0.25) is 0 Å². The van der Waals surface area contributed by atoms with Crippen LogP contribution < -0.4 is 0 Å². The molecular formula is C13H14O2. The van der Waals surface area contributed by atoms with Gasteiger partial charge in [0.1, 0.15) is 6.42 Å². The predicted molar refractivity (Wildman–Crippen MR) is 59.3 cm³/mol. The number of carbonyl (C=O) groups is 1. The maximum Gasteiger partial charge on any atom is 0.317 e. The van der Waals surface area contributed by atoms with Crippen LogP contribution in [0.2, 0.25) is 0 Å². The minimum Gasteiger partial charge on any atom is -0.468 e. The Morgan fingerprint density at radius 2 is 2.00 bits per heavy atom. The molecule has 0 aliphatic heterocycles. The van der Waals surface area contributed by atoms with Crippen LogP contribution in [0.5, 0.6) is 0 Å². The summed E-state index contributed by atoms with van der Waals surface area (Å²) in [6.07, 6.45) is 1.17. The lowest BCUT2D eigenvalue weighted by Crippen LogP contribution is -1.96. The molecule has 0 atom stereocenters. The molecule has 0 aliphatic carbocycles. The molecule has 0 bridgehead atoms. The van der Waals surface area contributed by atoms with E-state index in [0.717, 1.165) is 12.0 Å². The second-order valence-electron chi connectivity index (χ2n) is 3.11. The molecule has 1 aromatic carbocycles. The van der Waals surface area contributed by atoms with Gasteiger partial charge in [-0.15, -0.1) is 0 Å². The number of hydrogen-bond acceptors (Lipinski definition) is 2. The van der Waals surface area contributed by atoms with Crippen molar-refractivity contribution in [2.75, 3.05) is 7.11 Å². The third-order valence-corrected chi connectivity index (χ3v) is 2.06. The monoisotopic (exact) mass is 202 g/mol. The Labute approximate surface area is 90.3 Å². The molecule has 15 heavy (non-hydrogen) atoms. The zero-order valence-corrected chi connectivity index (χ0v) is 9.04. The molecule has 1 rings (SSSR count). The highest BCUT2D eigenvalue weighted by atomic mass is 16.5. The van der Waals surface area contributed by atoms with Gasteiger partial charge in [0.25, 0.3) is 0 Å². The summed E-state index contributed by atoms with van der Waals surface area (Å²) >= 11 is 0. The van der Waals surface area contributed by atoms with Crippen LogP contribution in [0.3, 0.4) is 0 Å². The fourth-order valence-electron chi connectivity index (χ4n) is 1.11. The van der Waals surface area contributed by atoms with Crippen molar-refractivity contribution in [2.24, 2.45) is 0 Å². The maximum absolute atomic E-state index is 10.8. The molecular weight excluding hydrogens is 188 g/mol. The van der Waals surface area contributed by atoms with E-state index in [1.807, 2.05) is 24.3 Å². The van der Waals surface area contributed by atoms with Crippen LogP contribution in [0.15, 0.2) is 24.3 Å². The van der Waals surface area contributed by atoms with E-state index in [-0.39, 0.29) is 12.4 Å². The van der Waals surface area contributed by atoms with Crippen LogP contribution in [0.1, 0.15) is 24.5 Å². The number of carbonyl (C=O) groups excluding carboxylic acids is 1. The van der Waals surface area contributed by atoms with Crippen LogP contribution in [0.25, 0.3) is 0 Å². The Morgan fingerprint density at radius 1 is 1.33 bits per heavy atom. The Balaban J connectivity index is 2.60. The third kappa shape index (κ3) is 3.86. The van der Waals surface area contributed by atoms with Crippen LogP contribution in [0, 0.1) is 11.8 Å². The van der Waals surface area contributed by atoms with Gasteiger partial charge < -0.3 is 4.74 Å². The number of ether oxygens (including phenoxy) is 1. The second kappa shape index (κ2) is 5.87. The Morgan fingerprint density at radius 3 is 2.53 bits per heavy atom. The lowest BCUT2D eigenvalue weighted by atomic mass is 10.1. The van der Waals surface area contributed by atoms with Gasteiger partial charge in [0, 0.05) is 5.56 Å². The highest BCUT2D eigenvalue weighted by Crippen LogP contribution is 2.03. The molecule has 0 unspecified atom stereocenters. The van der Waals surface area contributed by atoms with Crippen LogP contribution in [-0.4, -0.2) is 13.1 Å². The van der Waals surface area contributed by atoms with E-state index in [2.05, 4.69) is 23.5 Å². The van der Waals surface area contributed by atoms with Crippen molar-refractivity contribution in [2.45, 2.75) is 19.8 Å². The van der Waals surface area contributed by atoms with Gasteiger partial charge in [-0.25, -0.2) is 0 Å². The van der Waals surface area contributed by atoms with Crippen molar-refractivity contribution in [3.63, 3.8) is 0 Å². The van der Waals surface area contributed by atoms with E-state index in [9.17, 15) is 4.79 Å². The van der Waals surface area contributed by atoms with Crippen molar-refractivity contribution in [1.29, 1.82) is 0 Å². The largest absolute Gasteiger partial charge is 0.468 e. The quantitative estimate of drug-likeness (QED) is 0.542. The average molecular weight is 202 g/mol. The van der Waals surface area contributed by atoms with Crippen LogP contribution in [0.4, 0.5) is 0 Å². The van der Waals surface area contributed by atoms with Gasteiger partial charge in [0.15, 0.2) is 0 Å². The smallest absolute Gasteiger partial charge is 0.317 e. The molecule has 78 valence electrons. The zero-order chi connectivity index (χ0) is 11.1. The highest BCUT2D eigenvalue weighted by Gasteiger charge is 1.93. The first-order valence-corrected chi connectivity index (χ1v) is 4.91. The summed E-state index contributed by atoms with van der Waals surface area (Å²) in [6.45, 7) is 2.11. The number of rotatable bonds is 2. The van der Waals surface area contributed by atoms with Crippen LogP contribution in [-0.2, 0) is 16.0 Å². The average Bonchev–Trinajstić information content (AvgIpc) is 2.29. The summed E-state index contributed by atoms with van der Waals surface area (Å²) in [7, 11) is 1.36.